The lowest BCUT2D eigenvalue weighted by Gasteiger charge is -2.23. The first-order valence-corrected chi connectivity index (χ1v) is 12.2. The summed E-state index contributed by atoms with van der Waals surface area (Å²) in [5.41, 5.74) is 3.20. The lowest BCUT2D eigenvalue weighted by molar-refractivity contribution is -0.113. The lowest BCUT2D eigenvalue weighted by Crippen LogP contribution is -2.40. The van der Waals surface area contributed by atoms with Crippen molar-refractivity contribution in [3.63, 3.8) is 0 Å². The Morgan fingerprint density at radius 1 is 1.17 bits per heavy atom. The van der Waals surface area contributed by atoms with Gasteiger partial charge in [0.05, 0.1) is 22.0 Å². The van der Waals surface area contributed by atoms with Crippen LogP contribution < -0.4 is 20.2 Å². The van der Waals surface area contributed by atoms with Crippen LogP contribution in [0.5, 0.6) is 0 Å². The predicted octanol–water partition coefficient (Wildman–Crippen LogP) is 3.30. The molecule has 0 saturated heterocycles. The largest absolute Gasteiger partial charge is 0.464 e. The summed E-state index contributed by atoms with van der Waals surface area (Å²) < 4.78 is 9.90. The molecule has 0 saturated carbocycles. The minimum Gasteiger partial charge on any atom is -0.464 e. The smallest absolute Gasteiger partial charge is 0.271 e. The maximum absolute atomic E-state index is 13.7. The number of benzene rings is 1. The Labute approximate surface area is 205 Å². The summed E-state index contributed by atoms with van der Waals surface area (Å²) in [6.45, 7) is 8.37. The van der Waals surface area contributed by atoms with Crippen LogP contribution in [0.4, 0.5) is 5.69 Å². The van der Waals surface area contributed by atoms with Crippen molar-refractivity contribution in [2.45, 2.75) is 40.3 Å². The molecule has 0 fully saturated rings. The lowest BCUT2D eigenvalue weighted by atomic mass is 10.00. The molecule has 3 aromatic heterocycles. The normalized spacial score (nSPS) is 15.8. The molecule has 1 unspecified atom stereocenters. The fourth-order valence-corrected chi connectivity index (χ4v) is 5.30. The van der Waals surface area contributed by atoms with Crippen molar-refractivity contribution >= 4 is 29.0 Å². The Bertz CT molecular complexity index is 1640. The molecule has 178 valence electrons. The molecule has 0 bridgehead atoms. The fraction of sp³-hybridized carbons (Fsp3) is 0.231. The summed E-state index contributed by atoms with van der Waals surface area (Å²) in [4.78, 5) is 32.3. The standard InChI is InChI=1S/C26H25N5O3S/c1-5-30-17(4)18(14-27-30)13-21-25(33)31-23(20-12-11-15(2)34-20)22(16(3)28-26(31)35-21)24(32)29-19-9-7-6-8-10-19/h6-14,23H,5H2,1-4H3,(H,29,32)/b21-13-. The number of fused-ring (bicyclic) bond motifs is 1. The van der Waals surface area contributed by atoms with Crippen molar-refractivity contribution in [1.82, 2.24) is 14.3 Å². The number of anilines is 1. The highest BCUT2D eigenvalue weighted by atomic mass is 32.1. The Kier molecular flexibility index (Phi) is 5.86. The Hall–Kier alpha value is -3.98. The van der Waals surface area contributed by atoms with Gasteiger partial charge >= 0.3 is 0 Å². The van der Waals surface area contributed by atoms with Gasteiger partial charge in [0.15, 0.2) is 4.80 Å². The molecule has 8 nitrogen and oxygen atoms in total. The molecule has 1 N–H and O–H groups in total. The van der Waals surface area contributed by atoms with Gasteiger partial charge in [0.2, 0.25) is 0 Å². The number of rotatable bonds is 5. The minimum absolute atomic E-state index is 0.228. The molecule has 1 amide bonds. The van der Waals surface area contributed by atoms with E-state index in [4.69, 9.17) is 4.42 Å². The molecular weight excluding hydrogens is 462 g/mol. The molecule has 5 rings (SSSR count). The molecule has 1 aliphatic rings. The number of hydrogen-bond acceptors (Lipinski definition) is 6. The first kappa shape index (κ1) is 22.8. The monoisotopic (exact) mass is 487 g/mol. The third-order valence-corrected chi connectivity index (χ3v) is 7.04. The molecule has 4 heterocycles. The second-order valence-corrected chi connectivity index (χ2v) is 9.36. The average molecular weight is 488 g/mol. The zero-order chi connectivity index (χ0) is 24.7. The minimum atomic E-state index is -0.731. The molecular formula is C26H25N5O3S. The number of aryl methyl sites for hydroxylation is 2. The van der Waals surface area contributed by atoms with Gasteiger partial charge in [-0.15, -0.1) is 0 Å². The predicted molar refractivity (Wildman–Crippen MR) is 135 cm³/mol. The second kappa shape index (κ2) is 8.99. The number of allylic oxidation sites excluding steroid dienone is 1. The van der Waals surface area contributed by atoms with E-state index in [0.29, 0.717) is 37.8 Å². The molecule has 35 heavy (non-hydrogen) atoms. The van der Waals surface area contributed by atoms with Crippen molar-refractivity contribution in [2.75, 3.05) is 5.32 Å². The first-order valence-electron chi connectivity index (χ1n) is 11.3. The van der Waals surface area contributed by atoms with E-state index in [1.165, 1.54) is 11.3 Å². The fourth-order valence-electron chi connectivity index (χ4n) is 4.26. The second-order valence-electron chi connectivity index (χ2n) is 8.35. The van der Waals surface area contributed by atoms with Crippen molar-refractivity contribution < 1.29 is 9.21 Å². The van der Waals surface area contributed by atoms with Crippen LogP contribution in [0, 0.1) is 13.8 Å². The van der Waals surface area contributed by atoms with Crippen LogP contribution in [-0.2, 0) is 11.3 Å². The highest BCUT2D eigenvalue weighted by Crippen LogP contribution is 2.31. The summed E-state index contributed by atoms with van der Waals surface area (Å²) in [5.74, 6) is 0.880. The molecule has 1 aromatic carbocycles. The maximum Gasteiger partial charge on any atom is 0.271 e. The van der Waals surface area contributed by atoms with Crippen molar-refractivity contribution in [1.29, 1.82) is 0 Å². The van der Waals surface area contributed by atoms with Crippen LogP contribution in [0.25, 0.3) is 6.08 Å². The van der Waals surface area contributed by atoms with E-state index in [2.05, 4.69) is 15.4 Å². The number of para-hydroxylation sites is 1. The average Bonchev–Trinajstić information content (AvgIpc) is 3.51. The first-order chi connectivity index (χ1) is 16.9. The summed E-state index contributed by atoms with van der Waals surface area (Å²) in [6, 6.07) is 12.1. The molecule has 1 aliphatic heterocycles. The van der Waals surface area contributed by atoms with Crippen LogP contribution in [0.1, 0.15) is 42.7 Å². The number of carbonyl (C=O) groups is 1. The maximum atomic E-state index is 13.7. The van der Waals surface area contributed by atoms with Crippen molar-refractivity contribution in [3.8, 4) is 0 Å². The summed E-state index contributed by atoms with van der Waals surface area (Å²) in [5, 5.41) is 7.31. The third-order valence-electron chi connectivity index (χ3n) is 6.06. The van der Waals surface area contributed by atoms with Crippen molar-refractivity contribution in [3.05, 3.63) is 102 Å². The molecule has 0 spiro atoms. The van der Waals surface area contributed by atoms with E-state index in [9.17, 15) is 9.59 Å². The summed E-state index contributed by atoms with van der Waals surface area (Å²) >= 11 is 1.29. The number of amides is 1. The van der Waals surface area contributed by atoms with Crippen LogP contribution >= 0.6 is 11.3 Å². The van der Waals surface area contributed by atoms with Gasteiger partial charge in [-0.3, -0.25) is 18.8 Å². The third kappa shape index (κ3) is 4.08. The topological polar surface area (TPSA) is 94.4 Å². The van der Waals surface area contributed by atoms with Gasteiger partial charge in [-0.2, -0.15) is 5.10 Å². The van der Waals surface area contributed by atoms with Gasteiger partial charge in [0.1, 0.15) is 17.6 Å². The summed E-state index contributed by atoms with van der Waals surface area (Å²) in [6.07, 6.45) is 3.60. The van der Waals surface area contributed by atoms with E-state index in [1.54, 1.807) is 23.8 Å². The molecule has 0 aliphatic carbocycles. The molecule has 0 radical (unpaired) electrons. The Balaban J connectivity index is 1.67. The van der Waals surface area contributed by atoms with E-state index >= 15 is 0 Å². The van der Waals surface area contributed by atoms with E-state index in [1.807, 2.05) is 67.9 Å². The Morgan fingerprint density at radius 2 is 1.94 bits per heavy atom. The molecule has 9 heteroatoms. The summed E-state index contributed by atoms with van der Waals surface area (Å²) in [7, 11) is 0. The van der Waals surface area contributed by atoms with Gasteiger partial charge in [-0.1, -0.05) is 29.5 Å². The van der Waals surface area contributed by atoms with Gasteiger partial charge in [0.25, 0.3) is 11.5 Å². The number of furan rings is 1. The Morgan fingerprint density at radius 3 is 2.60 bits per heavy atom. The van der Waals surface area contributed by atoms with Gasteiger partial charge < -0.3 is 9.73 Å². The van der Waals surface area contributed by atoms with E-state index in [-0.39, 0.29) is 11.5 Å². The van der Waals surface area contributed by atoms with Crippen LogP contribution in [0.3, 0.4) is 0 Å². The van der Waals surface area contributed by atoms with Gasteiger partial charge in [-0.05, 0) is 58.0 Å². The number of thiazole rings is 1. The highest BCUT2D eigenvalue weighted by molar-refractivity contribution is 7.07. The van der Waals surface area contributed by atoms with Crippen LogP contribution in [-0.4, -0.2) is 20.3 Å². The zero-order valence-corrected chi connectivity index (χ0v) is 20.7. The van der Waals surface area contributed by atoms with E-state index in [0.717, 1.165) is 17.8 Å². The highest BCUT2D eigenvalue weighted by Gasteiger charge is 2.34. The van der Waals surface area contributed by atoms with Crippen LogP contribution in [0.2, 0.25) is 0 Å². The van der Waals surface area contributed by atoms with Gasteiger partial charge in [0, 0.05) is 23.5 Å². The number of aromatic nitrogens is 3. The quantitative estimate of drug-likeness (QED) is 0.467. The molecule has 4 aromatic rings. The zero-order valence-electron chi connectivity index (χ0n) is 19.9. The van der Waals surface area contributed by atoms with E-state index < -0.39 is 6.04 Å². The van der Waals surface area contributed by atoms with Crippen molar-refractivity contribution in [2.24, 2.45) is 4.99 Å². The number of carbonyl (C=O) groups excluding carboxylic acids is 1. The number of hydrogen-bond donors (Lipinski definition) is 1. The number of nitrogens with one attached hydrogen (secondary N) is 1. The van der Waals surface area contributed by atoms with Gasteiger partial charge in [-0.25, -0.2) is 4.99 Å². The SMILES string of the molecule is CCn1ncc(/C=c2\sc3n(c2=O)C(c2ccc(C)o2)C(C(=O)Nc2ccccc2)=C(C)N=3)c1C. The molecule has 1 atom stereocenters. The number of nitrogens with zero attached hydrogens (tertiary/aromatic N) is 4. The van der Waals surface area contributed by atoms with Crippen LogP contribution in [0.15, 0.2) is 74.1 Å².